The minimum atomic E-state index is -0.767. The predicted molar refractivity (Wildman–Crippen MR) is 76.3 cm³/mol. The Balaban J connectivity index is 2.30. The van der Waals surface area contributed by atoms with Gasteiger partial charge in [-0.15, -0.1) is 0 Å². The van der Waals surface area contributed by atoms with Crippen LogP contribution in [-0.4, -0.2) is 11.0 Å². The van der Waals surface area contributed by atoms with Crippen molar-refractivity contribution in [1.82, 2.24) is 10.6 Å². The summed E-state index contributed by atoms with van der Waals surface area (Å²) < 4.78 is 0. The van der Waals surface area contributed by atoms with E-state index in [1.54, 1.807) is 0 Å². The quantitative estimate of drug-likeness (QED) is 0.809. The summed E-state index contributed by atoms with van der Waals surface area (Å²) in [6.45, 7) is 4.24. The average molecular weight is 273 g/mol. The molecule has 0 spiro atoms. The molecule has 1 heterocycles. The maximum Gasteiger partial charge on any atom is 0.245 e. The topological polar surface area (TPSA) is 64.9 Å². The molecule has 98 valence electrons. The van der Waals surface area contributed by atoms with Gasteiger partial charge in [0.1, 0.15) is 5.92 Å². The van der Waals surface area contributed by atoms with Crippen molar-refractivity contribution in [2.75, 3.05) is 0 Å². The highest BCUT2D eigenvalue weighted by Crippen LogP contribution is 2.26. The van der Waals surface area contributed by atoms with Crippen LogP contribution in [-0.2, 0) is 4.79 Å². The fourth-order valence-electron chi connectivity index (χ4n) is 2.10. The van der Waals surface area contributed by atoms with Crippen molar-refractivity contribution in [3.63, 3.8) is 0 Å². The first kappa shape index (κ1) is 13.5. The van der Waals surface area contributed by atoms with Crippen molar-refractivity contribution in [3.05, 3.63) is 35.4 Å². The predicted octanol–water partition coefficient (Wildman–Crippen LogP) is 2.00. The van der Waals surface area contributed by atoms with Gasteiger partial charge in [0.15, 0.2) is 5.11 Å². The summed E-state index contributed by atoms with van der Waals surface area (Å²) >= 11 is 4.98. The van der Waals surface area contributed by atoms with Gasteiger partial charge in [0, 0.05) is 0 Å². The number of nitrogens with one attached hydrogen (secondary N) is 2. The molecule has 2 atom stereocenters. The first-order valence-electron chi connectivity index (χ1n) is 6.13. The van der Waals surface area contributed by atoms with E-state index in [1.165, 1.54) is 5.56 Å². The second kappa shape index (κ2) is 5.37. The van der Waals surface area contributed by atoms with Crippen LogP contribution in [0.4, 0.5) is 0 Å². The molecule has 19 heavy (non-hydrogen) atoms. The lowest BCUT2D eigenvalue weighted by Gasteiger charge is -2.29. The molecule has 1 saturated heterocycles. The molecule has 1 aliphatic heterocycles. The van der Waals surface area contributed by atoms with E-state index in [9.17, 15) is 4.79 Å². The maximum absolute atomic E-state index is 11.7. The second-order valence-electron chi connectivity index (χ2n) is 4.87. The number of hydrogen-bond acceptors (Lipinski definition) is 3. The second-order valence-corrected chi connectivity index (χ2v) is 5.28. The van der Waals surface area contributed by atoms with E-state index < -0.39 is 5.92 Å². The molecule has 1 fully saturated rings. The zero-order chi connectivity index (χ0) is 14.0. The molecule has 1 aliphatic rings. The van der Waals surface area contributed by atoms with Crippen LogP contribution in [0, 0.1) is 17.2 Å². The lowest BCUT2D eigenvalue weighted by atomic mass is 9.90. The van der Waals surface area contributed by atoms with Crippen molar-refractivity contribution in [3.8, 4) is 6.07 Å². The van der Waals surface area contributed by atoms with E-state index in [1.807, 2.05) is 30.3 Å². The zero-order valence-electron chi connectivity index (χ0n) is 10.8. The van der Waals surface area contributed by atoms with E-state index in [4.69, 9.17) is 17.5 Å². The van der Waals surface area contributed by atoms with Crippen LogP contribution in [0.1, 0.15) is 36.9 Å². The molecule has 4 nitrogen and oxygen atoms in total. The van der Waals surface area contributed by atoms with Gasteiger partial charge in [-0.05, 0) is 29.3 Å². The Bertz CT molecular complexity index is 545. The Morgan fingerprint density at radius 2 is 1.95 bits per heavy atom. The lowest BCUT2D eigenvalue weighted by molar-refractivity contribution is -0.123. The van der Waals surface area contributed by atoms with Gasteiger partial charge in [0.2, 0.25) is 5.91 Å². The van der Waals surface area contributed by atoms with E-state index >= 15 is 0 Å². The highest BCUT2D eigenvalue weighted by Gasteiger charge is 2.34. The van der Waals surface area contributed by atoms with Gasteiger partial charge in [-0.3, -0.25) is 4.79 Å². The number of carbonyl (C=O) groups excluding carboxylic acids is 1. The average Bonchev–Trinajstić information content (AvgIpc) is 2.38. The lowest BCUT2D eigenvalue weighted by Crippen LogP contribution is -2.53. The Kier molecular flexibility index (Phi) is 3.82. The molecular weight excluding hydrogens is 258 g/mol. The van der Waals surface area contributed by atoms with Gasteiger partial charge in [0.25, 0.3) is 0 Å². The van der Waals surface area contributed by atoms with Crippen LogP contribution in [0.15, 0.2) is 24.3 Å². The van der Waals surface area contributed by atoms with E-state index in [-0.39, 0.29) is 17.1 Å². The Morgan fingerprint density at radius 3 is 2.47 bits per heavy atom. The molecule has 1 aromatic carbocycles. The van der Waals surface area contributed by atoms with Crippen molar-refractivity contribution in [2.24, 2.45) is 5.92 Å². The molecule has 2 rings (SSSR count). The summed E-state index contributed by atoms with van der Waals surface area (Å²) in [5.74, 6) is -0.662. The van der Waals surface area contributed by atoms with Gasteiger partial charge in [-0.25, -0.2) is 0 Å². The molecular formula is C14H15N3OS. The van der Waals surface area contributed by atoms with Crippen LogP contribution in [0.25, 0.3) is 0 Å². The summed E-state index contributed by atoms with van der Waals surface area (Å²) in [6, 6.07) is 9.57. The fourth-order valence-corrected chi connectivity index (χ4v) is 2.33. The number of nitrogens with zero attached hydrogens (tertiary/aromatic N) is 1. The largest absolute Gasteiger partial charge is 0.354 e. The SMILES string of the molecule is CC(C)c1ccc([C@H]2NC(=S)NC(=O)[C@@H]2C#N)cc1. The maximum atomic E-state index is 11.7. The number of amides is 1. The van der Waals surface area contributed by atoms with Crippen molar-refractivity contribution >= 4 is 23.2 Å². The number of hydrogen-bond donors (Lipinski definition) is 2. The molecule has 0 bridgehead atoms. The van der Waals surface area contributed by atoms with Crippen LogP contribution < -0.4 is 10.6 Å². The van der Waals surface area contributed by atoms with Crippen LogP contribution >= 0.6 is 12.2 Å². The van der Waals surface area contributed by atoms with Gasteiger partial charge in [0.05, 0.1) is 12.1 Å². The van der Waals surface area contributed by atoms with E-state index in [2.05, 4.69) is 24.5 Å². The third-order valence-electron chi connectivity index (χ3n) is 3.24. The Labute approximate surface area is 117 Å². The smallest absolute Gasteiger partial charge is 0.245 e. The first-order chi connectivity index (χ1) is 9.02. The van der Waals surface area contributed by atoms with E-state index in [0.717, 1.165) is 5.56 Å². The molecule has 1 amide bonds. The number of carbonyl (C=O) groups is 1. The van der Waals surface area contributed by atoms with Crippen molar-refractivity contribution < 1.29 is 4.79 Å². The summed E-state index contributed by atoms with van der Waals surface area (Å²) in [7, 11) is 0. The molecule has 0 aromatic heterocycles. The molecule has 1 aromatic rings. The normalized spacial score (nSPS) is 22.6. The first-order valence-corrected chi connectivity index (χ1v) is 6.54. The highest BCUT2D eigenvalue weighted by atomic mass is 32.1. The number of benzene rings is 1. The molecule has 2 N–H and O–H groups in total. The summed E-state index contributed by atoms with van der Waals surface area (Å²) in [6.07, 6.45) is 0. The van der Waals surface area contributed by atoms with Crippen molar-refractivity contribution in [2.45, 2.75) is 25.8 Å². The van der Waals surface area contributed by atoms with E-state index in [0.29, 0.717) is 5.92 Å². The third-order valence-corrected chi connectivity index (χ3v) is 3.46. The highest BCUT2D eigenvalue weighted by molar-refractivity contribution is 7.80. The zero-order valence-corrected chi connectivity index (χ0v) is 11.6. The van der Waals surface area contributed by atoms with Crippen molar-refractivity contribution in [1.29, 1.82) is 5.26 Å². The summed E-state index contributed by atoms with van der Waals surface area (Å²) in [5.41, 5.74) is 2.12. The summed E-state index contributed by atoms with van der Waals surface area (Å²) in [4.78, 5) is 11.7. The van der Waals surface area contributed by atoms with Gasteiger partial charge >= 0.3 is 0 Å². The molecule has 0 aliphatic carbocycles. The van der Waals surface area contributed by atoms with Crippen LogP contribution in [0.2, 0.25) is 0 Å². The monoisotopic (exact) mass is 273 g/mol. The number of thiocarbonyl (C=S) groups is 1. The summed E-state index contributed by atoms with van der Waals surface area (Å²) in [5, 5.41) is 14.9. The van der Waals surface area contributed by atoms with Gasteiger partial charge < -0.3 is 10.6 Å². The minimum absolute atomic E-state index is 0.273. The van der Waals surface area contributed by atoms with Gasteiger partial charge in [-0.2, -0.15) is 5.26 Å². The Morgan fingerprint density at radius 1 is 1.32 bits per heavy atom. The van der Waals surface area contributed by atoms with Crippen LogP contribution in [0.5, 0.6) is 0 Å². The van der Waals surface area contributed by atoms with Crippen LogP contribution in [0.3, 0.4) is 0 Å². The molecule has 0 unspecified atom stereocenters. The molecule has 0 saturated carbocycles. The van der Waals surface area contributed by atoms with Gasteiger partial charge in [-0.1, -0.05) is 38.1 Å². The number of nitriles is 1. The third kappa shape index (κ3) is 2.74. The molecule has 5 heteroatoms. The number of rotatable bonds is 2. The standard InChI is InChI=1S/C14H15N3OS/c1-8(2)9-3-5-10(6-4-9)12-11(7-15)13(18)17-14(19)16-12/h3-6,8,11-12H,1-2H3,(H2,16,17,18,19)/t11-,12-/m1/s1. The molecule has 0 radical (unpaired) electrons. The Hall–Kier alpha value is -1.93. The fraction of sp³-hybridized carbons (Fsp3) is 0.357. The minimum Gasteiger partial charge on any atom is -0.354 e.